The van der Waals surface area contributed by atoms with Crippen molar-refractivity contribution in [3.05, 3.63) is 29.0 Å². The minimum Gasteiger partial charge on any atom is -0.481 e. The van der Waals surface area contributed by atoms with Gasteiger partial charge in [-0.1, -0.05) is 11.6 Å². The second-order valence-electron chi connectivity index (χ2n) is 4.20. The highest BCUT2D eigenvalue weighted by Crippen LogP contribution is 2.13. The second kappa shape index (κ2) is 5.99. The number of aliphatic carboxylic acids is 1. The highest BCUT2D eigenvalue weighted by Gasteiger charge is 2.27. The SMILES string of the molecule is O=C(O)C[C@H]1CN(C(=O)c2ccc(Cl)cn2)CCO1. The summed E-state index contributed by atoms with van der Waals surface area (Å²) in [4.78, 5) is 28.3. The van der Waals surface area contributed by atoms with Crippen molar-refractivity contribution >= 4 is 23.5 Å². The highest BCUT2D eigenvalue weighted by molar-refractivity contribution is 6.30. The fourth-order valence-corrected chi connectivity index (χ4v) is 2.00. The Morgan fingerprint density at radius 2 is 2.32 bits per heavy atom. The molecule has 0 aliphatic carbocycles. The third kappa shape index (κ3) is 3.65. The van der Waals surface area contributed by atoms with Gasteiger partial charge in [-0.2, -0.15) is 0 Å². The molecule has 0 unspecified atom stereocenters. The summed E-state index contributed by atoms with van der Waals surface area (Å²) in [5, 5.41) is 9.19. The van der Waals surface area contributed by atoms with Gasteiger partial charge in [-0.3, -0.25) is 9.59 Å². The quantitative estimate of drug-likeness (QED) is 0.897. The van der Waals surface area contributed by atoms with Crippen molar-refractivity contribution in [3.8, 4) is 0 Å². The lowest BCUT2D eigenvalue weighted by atomic mass is 10.2. The van der Waals surface area contributed by atoms with Crippen LogP contribution in [0.4, 0.5) is 0 Å². The molecule has 0 bridgehead atoms. The Morgan fingerprint density at radius 3 is 2.95 bits per heavy atom. The average Bonchev–Trinajstić information content (AvgIpc) is 2.38. The van der Waals surface area contributed by atoms with E-state index < -0.39 is 12.1 Å². The number of nitrogens with zero attached hydrogens (tertiary/aromatic N) is 2. The molecule has 102 valence electrons. The van der Waals surface area contributed by atoms with Gasteiger partial charge in [0.25, 0.3) is 5.91 Å². The Hall–Kier alpha value is -1.66. The van der Waals surface area contributed by atoms with E-state index in [1.165, 1.54) is 6.20 Å². The molecule has 1 aromatic rings. The maximum absolute atomic E-state index is 12.2. The van der Waals surface area contributed by atoms with Crippen LogP contribution in [0.5, 0.6) is 0 Å². The summed E-state index contributed by atoms with van der Waals surface area (Å²) < 4.78 is 5.31. The zero-order valence-electron chi connectivity index (χ0n) is 10.1. The van der Waals surface area contributed by atoms with Gasteiger partial charge in [-0.15, -0.1) is 0 Å². The number of carbonyl (C=O) groups is 2. The zero-order chi connectivity index (χ0) is 13.8. The first-order valence-electron chi connectivity index (χ1n) is 5.80. The van der Waals surface area contributed by atoms with Crippen LogP contribution in [0.3, 0.4) is 0 Å². The first-order valence-corrected chi connectivity index (χ1v) is 6.18. The number of hydrogen-bond donors (Lipinski definition) is 1. The fourth-order valence-electron chi connectivity index (χ4n) is 1.89. The number of carboxylic acids is 1. The van der Waals surface area contributed by atoms with E-state index in [4.69, 9.17) is 21.4 Å². The number of hydrogen-bond acceptors (Lipinski definition) is 4. The molecule has 2 rings (SSSR count). The molecule has 0 spiro atoms. The fraction of sp³-hybridized carbons (Fsp3) is 0.417. The summed E-state index contributed by atoms with van der Waals surface area (Å²) >= 11 is 5.71. The molecular weight excluding hydrogens is 272 g/mol. The third-order valence-corrected chi connectivity index (χ3v) is 3.00. The summed E-state index contributed by atoms with van der Waals surface area (Å²) in [6.45, 7) is 1.02. The lowest BCUT2D eigenvalue weighted by molar-refractivity contribution is -0.141. The number of ether oxygens (including phenoxy) is 1. The van der Waals surface area contributed by atoms with Gasteiger partial charge < -0.3 is 14.7 Å². The maximum atomic E-state index is 12.2. The maximum Gasteiger partial charge on any atom is 0.306 e. The largest absolute Gasteiger partial charge is 0.481 e. The van der Waals surface area contributed by atoms with E-state index in [1.807, 2.05) is 0 Å². The van der Waals surface area contributed by atoms with E-state index in [-0.39, 0.29) is 18.9 Å². The molecule has 1 atom stereocenters. The van der Waals surface area contributed by atoms with Crippen molar-refractivity contribution in [1.29, 1.82) is 0 Å². The molecule has 1 N–H and O–H groups in total. The summed E-state index contributed by atoms with van der Waals surface area (Å²) in [5.41, 5.74) is 0.292. The van der Waals surface area contributed by atoms with Crippen molar-refractivity contribution in [2.45, 2.75) is 12.5 Å². The van der Waals surface area contributed by atoms with Crippen LogP contribution in [0.25, 0.3) is 0 Å². The number of pyridine rings is 1. The minimum absolute atomic E-state index is 0.113. The molecule has 1 saturated heterocycles. The third-order valence-electron chi connectivity index (χ3n) is 2.77. The molecule has 0 aromatic carbocycles. The van der Waals surface area contributed by atoms with Gasteiger partial charge in [0.15, 0.2) is 0 Å². The van der Waals surface area contributed by atoms with Crippen LogP contribution >= 0.6 is 11.6 Å². The van der Waals surface area contributed by atoms with Crippen LogP contribution in [-0.4, -0.2) is 52.7 Å². The molecule has 6 nitrogen and oxygen atoms in total. The Morgan fingerprint density at radius 1 is 1.53 bits per heavy atom. The number of amides is 1. The standard InChI is InChI=1S/C12H13ClN2O4/c13-8-1-2-10(14-6-8)12(18)15-3-4-19-9(7-15)5-11(16)17/h1-2,6,9H,3-5,7H2,(H,16,17)/t9-/m0/s1. The Kier molecular flexibility index (Phi) is 4.34. The molecule has 1 aliphatic rings. The smallest absolute Gasteiger partial charge is 0.306 e. The van der Waals surface area contributed by atoms with Gasteiger partial charge in [0, 0.05) is 19.3 Å². The van der Waals surface area contributed by atoms with Crippen LogP contribution in [0.15, 0.2) is 18.3 Å². The first kappa shape index (κ1) is 13.8. The predicted octanol–water partition coefficient (Wildman–Crippen LogP) is 1.05. The van der Waals surface area contributed by atoms with E-state index >= 15 is 0 Å². The molecule has 1 amide bonds. The van der Waals surface area contributed by atoms with E-state index in [1.54, 1.807) is 17.0 Å². The minimum atomic E-state index is -0.941. The Labute approximate surface area is 114 Å². The molecule has 1 aliphatic heterocycles. The number of carbonyl (C=O) groups excluding carboxylic acids is 1. The molecule has 1 aromatic heterocycles. The normalized spacial score (nSPS) is 19.2. The monoisotopic (exact) mass is 284 g/mol. The number of carboxylic acid groups (broad SMARTS) is 1. The van der Waals surface area contributed by atoms with Gasteiger partial charge in [-0.05, 0) is 12.1 Å². The second-order valence-corrected chi connectivity index (χ2v) is 4.64. The topological polar surface area (TPSA) is 79.7 Å². The predicted molar refractivity (Wildman–Crippen MR) is 67.1 cm³/mol. The summed E-state index contributed by atoms with van der Waals surface area (Å²) in [5.74, 6) is -1.18. The van der Waals surface area contributed by atoms with E-state index in [2.05, 4.69) is 4.98 Å². The van der Waals surface area contributed by atoms with Crippen LogP contribution in [0, 0.1) is 0 Å². The summed E-state index contributed by atoms with van der Waals surface area (Å²) in [6, 6.07) is 3.14. The van der Waals surface area contributed by atoms with E-state index in [0.717, 1.165) is 0 Å². The Balaban J connectivity index is 2.02. The van der Waals surface area contributed by atoms with Crippen molar-refractivity contribution in [2.75, 3.05) is 19.7 Å². The first-order chi connectivity index (χ1) is 9.06. The molecular formula is C12H13ClN2O4. The number of morpholine rings is 1. The zero-order valence-corrected chi connectivity index (χ0v) is 10.8. The lowest BCUT2D eigenvalue weighted by Gasteiger charge is -2.32. The van der Waals surface area contributed by atoms with Gasteiger partial charge in [-0.25, -0.2) is 4.98 Å². The van der Waals surface area contributed by atoms with Gasteiger partial charge in [0.05, 0.1) is 24.2 Å². The van der Waals surface area contributed by atoms with Crippen LogP contribution in [-0.2, 0) is 9.53 Å². The summed E-state index contributed by atoms with van der Waals surface area (Å²) in [6.07, 6.45) is 0.824. The average molecular weight is 285 g/mol. The van der Waals surface area contributed by atoms with Crippen LogP contribution in [0.2, 0.25) is 5.02 Å². The number of aromatic nitrogens is 1. The molecule has 1 fully saturated rings. The van der Waals surface area contributed by atoms with Crippen molar-refractivity contribution in [1.82, 2.24) is 9.88 Å². The molecule has 0 radical (unpaired) electrons. The molecule has 0 saturated carbocycles. The van der Waals surface area contributed by atoms with E-state index in [0.29, 0.717) is 23.9 Å². The lowest BCUT2D eigenvalue weighted by Crippen LogP contribution is -2.46. The van der Waals surface area contributed by atoms with Crippen molar-refractivity contribution < 1.29 is 19.4 Å². The van der Waals surface area contributed by atoms with Crippen molar-refractivity contribution in [3.63, 3.8) is 0 Å². The van der Waals surface area contributed by atoms with Crippen LogP contribution in [0.1, 0.15) is 16.9 Å². The molecule has 19 heavy (non-hydrogen) atoms. The van der Waals surface area contributed by atoms with Gasteiger partial charge in [0.1, 0.15) is 5.69 Å². The Bertz CT molecular complexity index is 477. The number of halogens is 1. The molecule has 2 heterocycles. The van der Waals surface area contributed by atoms with Crippen LogP contribution < -0.4 is 0 Å². The van der Waals surface area contributed by atoms with E-state index in [9.17, 15) is 9.59 Å². The number of rotatable bonds is 3. The summed E-state index contributed by atoms with van der Waals surface area (Å²) in [7, 11) is 0. The van der Waals surface area contributed by atoms with Gasteiger partial charge in [0.2, 0.25) is 0 Å². The highest BCUT2D eigenvalue weighted by atomic mass is 35.5. The molecule has 7 heteroatoms. The van der Waals surface area contributed by atoms with Gasteiger partial charge >= 0.3 is 5.97 Å². The van der Waals surface area contributed by atoms with Crippen molar-refractivity contribution in [2.24, 2.45) is 0 Å².